The molecule has 3 rings (SSSR count). The average molecular weight is 293 g/mol. The summed E-state index contributed by atoms with van der Waals surface area (Å²) in [6.07, 6.45) is 1.61. The van der Waals surface area contributed by atoms with E-state index in [0.717, 1.165) is 27.0 Å². The lowest BCUT2D eigenvalue weighted by atomic mass is 10.3. The second kappa shape index (κ2) is 5.07. The molecule has 0 saturated heterocycles. The summed E-state index contributed by atoms with van der Waals surface area (Å²) in [5.74, 6) is 0.790. The van der Waals surface area contributed by atoms with Crippen molar-refractivity contribution in [3.63, 3.8) is 0 Å². The zero-order valence-electron chi connectivity index (χ0n) is 9.92. The largest absolute Gasteiger partial charge is 0.497 e. The van der Waals surface area contributed by atoms with Gasteiger partial charge in [-0.05, 0) is 41.6 Å². The highest BCUT2D eigenvalue weighted by molar-refractivity contribution is 7.99. The van der Waals surface area contributed by atoms with Crippen molar-refractivity contribution >= 4 is 34.4 Å². The van der Waals surface area contributed by atoms with E-state index in [4.69, 9.17) is 16.3 Å². The Bertz CT molecular complexity index is 731. The predicted molar refractivity (Wildman–Crippen MR) is 73.8 cm³/mol. The number of imidazole rings is 1. The number of ether oxygens (including phenoxy) is 1. The molecule has 1 aromatic carbocycles. The molecule has 0 radical (unpaired) electrons. The van der Waals surface area contributed by atoms with Gasteiger partial charge in [-0.15, -0.1) is 0 Å². The molecular weight excluding hydrogens is 284 g/mol. The van der Waals surface area contributed by atoms with Crippen LogP contribution in [0.15, 0.2) is 40.6 Å². The molecular formula is C12H9ClN4OS. The fourth-order valence-electron chi connectivity index (χ4n) is 1.62. The Balaban J connectivity index is 1.93. The van der Waals surface area contributed by atoms with Gasteiger partial charge in [0.2, 0.25) is 5.28 Å². The Kier molecular flexibility index (Phi) is 3.27. The molecule has 0 amide bonds. The Morgan fingerprint density at radius 1 is 1.26 bits per heavy atom. The molecule has 5 nitrogen and oxygen atoms in total. The quantitative estimate of drug-likeness (QED) is 0.593. The number of aromatic nitrogens is 4. The van der Waals surface area contributed by atoms with Gasteiger partial charge in [-0.2, -0.15) is 0 Å². The third-order valence-electron chi connectivity index (χ3n) is 2.47. The van der Waals surface area contributed by atoms with Crippen LogP contribution in [0.25, 0.3) is 11.0 Å². The van der Waals surface area contributed by atoms with Crippen molar-refractivity contribution in [2.24, 2.45) is 0 Å². The lowest BCUT2D eigenvalue weighted by Gasteiger charge is -1.96. The highest BCUT2D eigenvalue weighted by atomic mass is 35.5. The van der Waals surface area contributed by atoms with E-state index >= 15 is 0 Å². The number of benzene rings is 1. The van der Waals surface area contributed by atoms with Crippen LogP contribution in [0.4, 0.5) is 0 Å². The number of halogens is 1. The summed E-state index contributed by atoms with van der Waals surface area (Å²) < 4.78 is 5.17. The Labute approximate surface area is 118 Å². The number of nitrogens with zero attached hydrogens (tertiary/aromatic N) is 3. The number of hydrogen-bond acceptors (Lipinski definition) is 5. The number of methoxy groups -OCH3 is 1. The van der Waals surface area contributed by atoms with Gasteiger partial charge in [0.05, 0.1) is 18.1 Å². The minimum Gasteiger partial charge on any atom is -0.497 e. The molecule has 7 heteroatoms. The maximum atomic E-state index is 5.75. The summed E-state index contributed by atoms with van der Waals surface area (Å²) in [7, 11) is 1.64. The molecule has 19 heavy (non-hydrogen) atoms. The van der Waals surface area contributed by atoms with Gasteiger partial charge in [0.25, 0.3) is 0 Å². The number of hydrogen-bond donors (Lipinski definition) is 1. The fraction of sp³-hybridized carbons (Fsp3) is 0.0833. The van der Waals surface area contributed by atoms with Gasteiger partial charge in [0.1, 0.15) is 10.8 Å². The van der Waals surface area contributed by atoms with Crippen LogP contribution in [0.1, 0.15) is 0 Å². The highest BCUT2D eigenvalue weighted by Gasteiger charge is 2.07. The normalized spacial score (nSPS) is 10.8. The topological polar surface area (TPSA) is 63.7 Å². The van der Waals surface area contributed by atoms with Gasteiger partial charge in [0, 0.05) is 12.3 Å². The zero-order valence-corrected chi connectivity index (χ0v) is 11.5. The first-order valence-corrected chi connectivity index (χ1v) is 6.64. The summed E-state index contributed by atoms with van der Waals surface area (Å²) in [5.41, 5.74) is 1.80. The van der Waals surface area contributed by atoms with E-state index in [-0.39, 0.29) is 5.28 Å². The van der Waals surface area contributed by atoms with E-state index in [1.54, 1.807) is 19.4 Å². The van der Waals surface area contributed by atoms with Gasteiger partial charge in [-0.3, -0.25) is 0 Å². The van der Waals surface area contributed by atoms with E-state index in [1.165, 1.54) is 11.8 Å². The Morgan fingerprint density at radius 3 is 2.95 bits per heavy atom. The van der Waals surface area contributed by atoms with E-state index in [0.29, 0.717) is 0 Å². The molecule has 0 saturated carbocycles. The SMILES string of the molecule is COc1ccc2nc(Sc3ccnc(Cl)n3)[nH]c2c1. The van der Waals surface area contributed by atoms with Crippen LogP contribution in [-0.2, 0) is 0 Å². The fourth-order valence-corrected chi connectivity index (χ4v) is 2.58. The van der Waals surface area contributed by atoms with Crippen molar-refractivity contribution < 1.29 is 4.74 Å². The molecule has 0 spiro atoms. The molecule has 0 aliphatic rings. The molecule has 0 atom stereocenters. The lowest BCUT2D eigenvalue weighted by Crippen LogP contribution is -1.84. The molecule has 2 aromatic heterocycles. The highest BCUT2D eigenvalue weighted by Crippen LogP contribution is 2.27. The van der Waals surface area contributed by atoms with Crippen LogP contribution in [0.2, 0.25) is 5.28 Å². The van der Waals surface area contributed by atoms with Crippen LogP contribution < -0.4 is 4.74 Å². The number of fused-ring (bicyclic) bond motifs is 1. The minimum absolute atomic E-state index is 0.225. The third kappa shape index (κ3) is 2.64. The zero-order chi connectivity index (χ0) is 13.2. The van der Waals surface area contributed by atoms with Gasteiger partial charge in [-0.25, -0.2) is 15.0 Å². The number of aromatic amines is 1. The summed E-state index contributed by atoms with van der Waals surface area (Å²) in [6, 6.07) is 7.46. The van der Waals surface area contributed by atoms with E-state index in [2.05, 4.69) is 19.9 Å². The van der Waals surface area contributed by atoms with Gasteiger partial charge in [-0.1, -0.05) is 0 Å². The molecule has 0 bridgehead atoms. The molecule has 96 valence electrons. The smallest absolute Gasteiger partial charge is 0.223 e. The van der Waals surface area contributed by atoms with Crippen molar-refractivity contribution in [1.82, 2.24) is 19.9 Å². The first-order valence-electron chi connectivity index (χ1n) is 5.45. The van der Waals surface area contributed by atoms with Crippen LogP contribution in [0, 0.1) is 0 Å². The lowest BCUT2D eigenvalue weighted by molar-refractivity contribution is 0.415. The van der Waals surface area contributed by atoms with Crippen LogP contribution in [0.3, 0.4) is 0 Å². The molecule has 2 heterocycles. The first kappa shape index (κ1) is 12.3. The Morgan fingerprint density at radius 2 is 2.16 bits per heavy atom. The molecule has 0 unspecified atom stereocenters. The maximum absolute atomic E-state index is 5.75. The molecule has 1 N–H and O–H groups in total. The third-order valence-corrected chi connectivity index (χ3v) is 3.47. The van der Waals surface area contributed by atoms with E-state index < -0.39 is 0 Å². The van der Waals surface area contributed by atoms with Crippen LogP contribution in [-0.4, -0.2) is 27.0 Å². The van der Waals surface area contributed by atoms with Crippen LogP contribution >= 0.6 is 23.4 Å². The van der Waals surface area contributed by atoms with Gasteiger partial charge in [0.15, 0.2) is 5.16 Å². The number of rotatable bonds is 3. The molecule has 0 fully saturated rings. The monoisotopic (exact) mass is 292 g/mol. The Hall–Kier alpha value is -1.79. The summed E-state index contributed by atoms with van der Waals surface area (Å²) in [5, 5.41) is 1.71. The molecule has 0 aliphatic heterocycles. The standard InChI is InChI=1S/C12H9ClN4OS/c1-18-7-2-3-8-9(6-7)16-12(15-8)19-10-4-5-14-11(13)17-10/h2-6H,1H3,(H,15,16). The number of H-pyrrole nitrogens is 1. The second-order valence-electron chi connectivity index (χ2n) is 3.69. The predicted octanol–water partition coefficient (Wildman–Crippen LogP) is 3.17. The van der Waals surface area contributed by atoms with E-state index in [9.17, 15) is 0 Å². The summed E-state index contributed by atoms with van der Waals surface area (Å²) in [6.45, 7) is 0. The molecule has 3 aromatic rings. The number of nitrogens with one attached hydrogen (secondary N) is 1. The van der Waals surface area contributed by atoms with Gasteiger partial charge < -0.3 is 9.72 Å². The second-order valence-corrected chi connectivity index (χ2v) is 5.04. The van der Waals surface area contributed by atoms with Crippen molar-refractivity contribution in [3.05, 3.63) is 35.7 Å². The van der Waals surface area contributed by atoms with Gasteiger partial charge >= 0.3 is 0 Å². The molecule has 0 aliphatic carbocycles. The van der Waals surface area contributed by atoms with Crippen molar-refractivity contribution in [3.8, 4) is 5.75 Å². The minimum atomic E-state index is 0.225. The maximum Gasteiger partial charge on any atom is 0.223 e. The summed E-state index contributed by atoms with van der Waals surface area (Å²) >= 11 is 7.14. The summed E-state index contributed by atoms with van der Waals surface area (Å²) in [4.78, 5) is 15.6. The van der Waals surface area contributed by atoms with Crippen molar-refractivity contribution in [1.29, 1.82) is 0 Å². The van der Waals surface area contributed by atoms with Crippen molar-refractivity contribution in [2.45, 2.75) is 10.2 Å². The van der Waals surface area contributed by atoms with E-state index in [1.807, 2.05) is 18.2 Å². The van der Waals surface area contributed by atoms with Crippen LogP contribution in [0.5, 0.6) is 5.75 Å². The average Bonchev–Trinajstić information content (AvgIpc) is 2.79. The first-order chi connectivity index (χ1) is 9.24. The van der Waals surface area contributed by atoms with Crippen molar-refractivity contribution in [2.75, 3.05) is 7.11 Å².